The van der Waals surface area contributed by atoms with E-state index in [-0.39, 0.29) is 16.9 Å². The molecular formula is C24H33N3O4S. The summed E-state index contributed by atoms with van der Waals surface area (Å²) >= 11 is 0. The van der Waals surface area contributed by atoms with E-state index in [1.807, 2.05) is 19.1 Å². The van der Waals surface area contributed by atoms with Crippen LogP contribution in [0.3, 0.4) is 0 Å². The molecule has 1 unspecified atom stereocenters. The molecular weight excluding hydrogens is 426 g/mol. The summed E-state index contributed by atoms with van der Waals surface area (Å²) in [7, 11) is -0.662. The van der Waals surface area contributed by atoms with Crippen LogP contribution in [0.2, 0.25) is 0 Å². The van der Waals surface area contributed by atoms with Gasteiger partial charge in [0.1, 0.15) is 0 Å². The van der Waals surface area contributed by atoms with Crippen molar-refractivity contribution in [2.75, 3.05) is 33.8 Å². The SMILES string of the molecule is Cc1cc(C(=O)NCc2cccc(CN3CCOC(C)C3)c2)cc(S(=O)(=O)N(C)C)c1C. The van der Waals surface area contributed by atoms with Crippen LogP contribution in [0.4, 0.5) is 0 Å². The van der Waals surface area contributed by atoms with Crippen LogP contribution in [-0.4, -0.2) is 63.4 Å². The summed E-state index contributed by atoms with van der Waals surface area (Å²) in [5.74, 6) is -0.296. The van der Waals surface area contributed by atoms with Crippen molar-refractivity contribution in [1.29, 1.82) is 0 Å². The molecule has 0 bridgehead atoms. The first kappa shape index (κ1) is 24.4. The standard InChI is InChI=1S/C24H33N3O4S/c1-17-11-22(13-23(19(17)3)32(29,30)26(4)5)24(28)25-14-20-7-6-8-21(12-20)16-27-9-10-31-18(2)15-27/h6-8,11-13,18H,9-10,14-16H2,1-5H3,(H,25,28). The number of hydrogen-bond acceptors (Lipinski definition) is 5. The average molecular weight is 460 g/mol. The van der Waals surface area contributed by atoms with Crippen molar-refractivity contribution >= 4 is 15.9 Å². The number of nitrogens with one attached hydrogen (secondary N) is 1. The van der Waals surface area contributed by atoms with Gasteiger partial charge in [-0.05, 0) is 55.2 Å². The van der Waals surface area contributed by atoms with Gasteiger partial charge in [0, 0.05) is 45.8 Å². The maximum absolute atomic E-state index is 12.8. The molecule has 8 heteroatoms. The molecule has 1 aliphatic rings. The van der Waals surface area contributed by atoms with Gasteiger partial charge in [-0.2, -0.15) is 0 Å². The van der Waals surface area contributed by atoms with Gasteiger partial charge >= 0.3 is 0 Å². The molecule has 1 fully saturated rings. The zero-order valence-corrected chi connectivity index (χ0v) is 20.3. The third kappa shape index (κ3) is 5.75. The van der Waals surface area contributed by atoms with E-state index in [0.717, 1.165) is 41.7 Å². The maximum atomic E-state index is 12.8. The Balaban J connectivity index is 1.70. The molecule has 1 amide bonds. The van der Waals surface area contributed by atoms with Crippen molar-refractivity contribution < 1.29 is 17.9 Å². The average Bonchev–Trinajstić information content (AvgIpc) is 2.74. The Morgan fingerprint density at radius 3 is 2.59 bits per heavy atom. The zero-order chi connectivity index (χ0) is 23.5. The highest BCUT2D eigenvalue weighted by atomic mass is 32.2. The van der Waals surface area contributed by atoms with Crippen molar-refractivity contribution in [3.8, 4) is 0 Å². The molecule has 0 aromatic heterocycles. The summed E-state index contributed by atoms with van der Waals surface area (Å²) < 4.78 is 32.1. The molecule has 32 heavy (non-hydrogen) atoms. The van der Waals surface area contributed by atoms with Crippen LogP contribution in [0, 0.1) is 13.8 Å². The van der Waals surface area contributed by atoms with Crippen molar-refractivity contribution in [1.82, 2.24) is 14.5 Å². The first-order valence-corrected chi connectivity index (χ1v) is 12.3. The van der Waals surface area contributed by atoms with Crippen LogP contribution in [0.1, 0.15) is 39.5 Å². The number of sulfonamides is 1. The summed E-state index contributed by atoms with van der Waals surface area (Å²) in [6.07, 6.45) is 0.241. The van der Waals surface area contributed by atoms with Gasteiger partial charge in [0.15, 0.2) is 0 Å². The molecule has 0 radical (unpaired) electrons. The predicted molar refractivity (Wildman–Crippen MR) is 125 cm³/mol. The van der Waals surface area contributed by atoms with E-state index < -0.39 is 10.0 Å². The smallest absolute Gasteiger partial charge is 0.251 e. The Kier molecular flexibility index (Phi) is 7.71. The van der Waals surface area contributed by atoms with E-state index in [4.69, 9.17) is 4.74 Å². The summed E-state index contributed by atoms with van der Waals surface area (Å²) in [4.78, 5) is 15.4. The molecule has 7 nitrogen and oxygen atoms in total. The number of aryl methyl sites for hydroxylation is 1. The van der Waals surface area contributed by atoms with E-state index in [9.17, 15) is 13.2 Å². The number of hydrogen-bond donors (Lipinski definition) is 1. The van der Waals surface area contributed by atoms with Gasteiger partial charge in [0.05, 0.1) is 17.6 Å². The first-order chi connectivity index (χ1) is 15.1. The van der Waals surface area contributed by atoms with Crippen molar-refractivity contribution in [2.24, 2.45) is 0 Å². The van der Waals surface area contributed by atoms with Crippen LogP contribution in [-0.2, 0) is 27.8 Å². The molecule has 1 heterocycles. The summed E-state index contributed by atoms with van der Waals surface area (Å²) in [5.41, 5.74) is 3.95. The largest absolute Gasteiger partial charge is 0.376 e. The van der Waals surface area contributed by atoms with Gasteiger partial charge in [-0.15, -0.1) is 0 Å². The van der Waals surface area contributed by atoms with Gasteiger partial charge < -0.3 is 10.1 Å². The molecule has 2 aromatic carbocycles. The van der Waals surface area contributed by atoms with E-state index in [2.05, 4.69) is 29.3 Å². The number of amides is 1. The Morgan fingerprint density at radius 2 is 1.91 bits per heavy atom. The number of carbonyl (C=O) groups excluding carboxylic acids is 1. The normalized spacial score (nSPS) is 17.5. The van der Waals surface area contributed by atoms with E-state index in [0.29, 0.717) is 17.7 Å². The predicted octanol–water partition coefficient (Wildman–Crippen LogP) is 2.70. The number of benzene rings is 2. The summed E-state index contributed by atoms with van der Waals surface area (Å²) in [6, 6.07) is 11.4. The van der Waals surface area contributed by atoms with E-state index in [1.54, 1.807) is 13.0 Å². The topological polar surface area (TPSA) is 79.0 Å². The Bertz CT molecular complexity index is 1080. The second-order valence-electron chi connectivity index (χ2n) is 8.62. The van der Waals surface area contributed by atoms with E-state index >= 15 is 0 Å². The Labute approximate surface area is 191 Å². The molecule has 1 aliphatic heterocycles. The molecule has 174 valence electrons. The van der Waals surface area contributed by atoms with Crippen LogP contribution >= 0.6 is 0 Å². The van der Waals surface area contributed by atoms with Gasteiger partial charge in [-0.25, -0.2) is 12.7 Å². The van der Waals surface area contributed by atoms with Gasteiger partial charge in [-0.3, -0.25) is 9.69 Å². The van der Waals surface area contributed by atoms with Crippen LogP contribution < -0.4 is 5.32 Å². The van der Waals surface area contributed by atoms with Gasteiger partial charge in [0.2, 0.25) is 10.0 Å². The van der Waals surface area contributed by atoms with Crippen molar-refractivity contribution in [2.45, 2.75) is 44.9 Å². The second kappa shape index (κ2) is 10.1. The number of nitrogens with zero attached hydrogens (tertiary/aromatic N) is 2. The third-order valence-electron chi connectivity index (χ3n) is 5.82. The number of morpholine rings is 1. The fourth-order valence-electron chi connectivity index (χ4n) is 3.84. The minimum Gasteiger partial charge on any atom is -0.376 e. The molecule has 0 spiro atoms. The molecule has 3 rings (SSSR count). The lowest BCUT2D eigenvalue weighted by Crippen LogP contribution is -2.40. The number of rotatable bonds is 7. The lowest BCUT2D eigenvalue weighted by Gasteiger charge is -2.31. The highest BCUT2D eigenvalue weighted by Gasteiger charge is 2.23. The van der Waals surface area contributed by atoms with Crippen LogP contribution in [0.25, 0.3) is 0 Å². The van der Waals surface area contributed by atoms with Gasteiger partial charge in [-0.1, -0.05) is 24.3 Å². The maximum Gasteiger partial charge on any atom is 0.251 e. The second-order valence-corrected chi connectivity index (χ2v) is 10.7. The molecule has 0 aliphatic carbocycles. The van der Waals surface area contributed by atoms with Gasteiger partial charge in [0.25, 0.3) is 5.91 Å². The first-order valence-electron chi connectivity index (χ1n) is 10.8. The van der Waals surface area contributed by atoms with Crippen LogP contribution in [0.5, 0.6) is 0 Å². The summed E-state index contributed by atoms with van der Waals surface area (Å²) in [6.45, 7) is 9.44. The lowest BCUT2D eigenvalue weighted by molar-refractivity contribution is -0.0212. The van der Waals surface area contributed by atoms with Crippen molar-refractivity contribution in [3.63, 3.8) is 0 Å². The highest BCUT2D eigenvalue weighted by molar-refractivity contribution is 7.89. The molecule has 2 aromatic rings. The third-order valence-corrected chi connectivity index (χ3v) is 7.76. The summed E-state index contributed by atoms with van der Waals surface area (Å²) in [5, 5.41) is 2.93. The minimum atomic E-state index is -3.64. The minimum absolute atomic E-state index is 0.161. The zero-order valence-electron chi connectivity index (χ0n) is 19.5. The fraction of sp³-hybridized carbons (Fsp3) is 0.458. The number of carbonyl (C=O) groups is 1. The van der Waals surface area contributed by atoms with Crippen LogP contribution in [0.15, 0.2) is 41.3 Å². The molecule has 1 N–H and O–H groups in total. The van der Waals surface area contributed by atoms with Crippen molar-refractivity contribution in [3.05, 3.63) is 64.2 Å². The van der Waals surface area contributed by atoms with E-state index in [1.165, 1.54) is 25.7 Å². The molecule has 0 saturated carbocycles. The number of ether oxygens (including phenoxy) is 1. The fourth-order valence-corrected chi connectivity index (χ4v) is 5.05. The highest BCUT2D eigenvalue weighted by Crippen LogP contribution is 2.23. The monoisotopic (exact) mass is 459 g/mol. The lowest BCUT2D eigenvalue weighted by atomic mass is 10.1. The Hall–Kier alpha value is -2.26. The quantitative estimate of drug-likeness (QED) is 0.689. The molecule has 1 saturated heterocycles. The molecule has 1 atom stereocenters. The Morgan fingerprint density at radius 1 is 1.19 bits per heavy atom.